The van der Waals surface area contributed by atoms with Crippen LogP contribution >= 0.6 is 0 Å². The number of pyridine rings is 1. The standard InChI is InChI=1S/C26H27F4N3O4/c1-4-36-23-8-7-22(32-25(23)35)17-6-5-16(21(27)11-17)12-24(34)31-19-13-18(26(28,29)30)14-20(15-19)37-10-9-33(2)3/h5-8,11,13-15H,4,9-10,12H2,1-3H3,(H,31,34)(H,32,35). The Morgan fingerprint density at radius 3 is 2.43 bits per heavy atom. The molecule has 0 aliphatic rings. The van der Waals surface area contributed by atoms with E-state index >= 15 is 0 Å². The van der Waals surface area contributed by atoms with Crippen LogP contribution in [0, 0.1) is 5.82 Å². The molecular weight excluding hydrogens is 494 g/mol. The van der Waals surface area contributed by atoms with Crippen LogP contribution in [-0.4, -0.2) is 49.6 Å². The lowest BCUT2D eigenvalue weighted by atomic mass is 10.0. The number of amides is 1. The van der Waals surface area contributed by atoms with Gasteiger partial charge >= 0.3 is 6.18 Å². The predicted molar refractivity (Wildman–Crippen MR) is 131 cm³/mol. The number of rotatable bonds is 10. The summed E-state index contributed by atoms with van der Waals surface area (Å²) in [6.07, 6.45) is -5.07. The van der Waals surface area contributed by atoms with Gasteiger partial charge in [-0.3, -0.25) is 9.59 Å². The Morgan fingerprint density at radius 1 is 1.05 bits per heavy atom. The van der Waals surface area contributed by atoms with Crippen molar-refractivity contribution in [3.8, 4) is 22.8 Å². The summed E-state index contributed by atoms with van der Waals surface area (Å²) in [7, 11) is 3.59. The fourth-order valence-electron chi connectivity index (χ4n) is 3.40. The summed E-state index contributed by atoms with van der Waals surface area (Å²) < 4.78 is 65.4. The number of ether oxygens (including phenoxy) is 2. The summed E-state index contributed by atoms with van der Waals surface area (Å²) in [6.45, 7) is 2.69. The molecule has 0 unspecified atom stereocenters. The molecule has 2 N–H and O–H groups in total. The molecule has 0 saturated heterocycles. The minimum Gasteiger partial charge on any atom is -0.492 e. The van der Waals surface area contributed by atoms with Crippen LogP contribution < -0.4 is 20.3 Å². The van der Waals surface area contributed by atoms with Crippen LogP contribution in [0.4, 0.5) is 23.2 Å². The highest BCUT2D eigenvalue weighted by Gasteiger charge is 2.31. The molecule has 3 rings (SSSR count). The Bertz CT molecular complexity index is 1310. The van der Waals surface area contributed by atoms with Crippen molar-refractivity contribution in [1.82, 2.24) is 9.88 Å². The highest BCUT2D eigenvalue weighted by Crippen LogP contribution is 2.34. The molecule has 0 fully saturated rings. The van der Waals surface area contributed by atoms with Crippen LogP contribution in [0.15, 0.2) is 53.3 Å². The van der Waals surface area contributed by atoms with E-state index in [4.69, 9.17) is 9.47 Å². The van der Waals surface area contributed by atoms with E-state index in [1.54, 1.807) is 27.1 Å². The summed E-state index contributed by atoms with van der Waals surface area (Å²) in [5.41, 5.74) is -0.805. The molecule has 1 amide bonds. The number of carbonyl (C=O) groups excluding carboxylic acids is 1. The third kappa shape index (κ3) is 7.81. The number of likely N-dealkylation sites (N-methyl/N-ethyl adjacent to an activating group) is 1. The highest BCUT2D eigenvalue weighted by atomic mass is 19.4. The zero-order valence-electron chi connectivity index (χ0n) is 20.5. The second-order valence-corrected chi connectivity index (χ2v) is 8.43. The van der Waals surface area contributed by atoms with Crippen molar-refractivity contribution >= 4 is 11.6 Å². The van der Waals surface area contributed by atoms with E-state index in [0.29, 0.717) is 24.4 Å². The first-order valence-electron chi connectivity index (χ1n) is 11.4. The smallest absolute Gasteiger partial charge is 0.416 e. The fourth-order valence-corrected chi connectivity index (χ4v) is 3.40. The van der Waals surface area contributed by atoms with E-state index in [9.17, 15) is 27.2 Å². The van der Waals surface area contributed by atoms with Crippen LogP contribution in [0.3, 0.4) is 0 Å². The molecule has 0 spiro atoms. The van der Waals surface area contributed by atoms with Gasteiger partial charge < -0.3 is 24.7 Å². The van der Waals surface area contributed by atoms with E-state index in [2.05, 4.69) is 10.3 Å². The van der Waals surface area contributed by atoms with Gasteiger partial charge in [0.2, 0.25) is 5.91 Å². The van der Waals surface area contributed by atoms with Crippen molar-refractivity contribution in [2.45, 2.75) is 19.5 Å². The molecule has 0 radical (unpaired) electrons. The lowest BCUT2D eigenvalue weighted by molar-refractivity contribution is -0.137. The number of aromatic amines is 1. The van der Waals surface area contributed by atoms with Crippen LogP contribution in [0.5, 0.6) is 11.5 Å². The van der Waals surface area contributed by atoms with Crippen LogP contribution in [0.1, 0.15) is 18.1 Å². The lowest BCUT2D eigenvalue weighted by Crippen LogP contribution is -2.20. The Kier molecular flexibility index (Phi) is 8.93. The Morgan fingerprint density at radius 2 is 1.81 bits per heavy atom. The third-order valence-corrected chi connectivity index (χ3v) is 5.21. The minimum atomic E-state index is -4.65. The molecule has 198 valence electrons. The quantitative estimate of drug-likeness (QED) is 0.378. The van der Waals surface area contributed by atoms with Gasteiger partial charge in [-0.05, 0) is 56.9 Å². The molecule has 0 aliphatic heterocycles. The summed E-state index contributed by atoms with van der Waals surface area (Å²) >= 11 is 0. The average molecular weight is 522 g/mol. The first-order chi connectivity index (χ1) is 17.5. The first-order valence-corrected chi connectivity index (χ1v) is 11.4. The van der Waals surface area contributed by atoms with E-state index in [1.165, 1.54) is 24.3 Å². The van der Waals surface area contributed by atoms with Gasteiger partial charge in [0.15, 0.2) is 5.75 Å². The number of hydrogen-bond acceptors (Lipinski definition) is 5. The number of aromatic nitrogens is 1. The normalized spacial score (nSPS) is 11.5. The van der Waals surface area contributed by atoms with Gasteiger partial charge in [-0.15, -0.1) is 0 Å². The fraction of sp³-hybridized carbons (Fsp3) is 0.308. The Hall–Kier alpha value is -3.86. The van der Waals surface area contributed by atoms with E-state index in [0.717, 1.165) is 18.2 Å². The van der Waals surface area contributed by atoms with Crippen molar-refractivity contribution in [3.05, 3.63) is 75.8 Å². The van der Waals surface area contributed by atoms with E-state index in [1.807, 2.05) is 4.90 Å². The minimum absolute atomic E-state index is 0.0314. The summed E-state index contributed by atoms with van der Waals surface area (Å²) in [5.74, 6) is -1.33. The van der Waals surface area contributed by atoms with Gasteiger partial charge in [-0.2, -0.15) is 13.2 Å². The van der Waals surface area contributed by atoms with Crippen molar-refractivity contribution in [2.24, 2.45) is 0 Å². The number of H-pyrrole nitrogens is 1. The van der Waals surface area contributed by atoms with Gasteiger partial charge in [-0.1, -0.05) is 12.1 Å². The largest absolute Gasteiger partial charge is 0.492 e. The predicted octanol–water partition coefficient (Wildman–Crippen LogP) is 4.72. The second kappa shape index (κ2) is 11.9. The molecule has 2 aromatic carbocycles. The number of nitrogens with one attached hydrogen (secondary N) is 2. The average Bonchev–Trinajstić information content (AvgIpc) is 2.81. The number of alkyl halides is 3. The molecule has 7 nitrogen and oxygen atoms in total. The van der Waals surface area contributed by atoms with Gasteiger partial charge in [0.25, 0.3) is 5.56 Å². The first kappa shape index (κ1) is 27.7. The van der Waals surface area contributed by atoms with Crippen molar-refractivity contribution in [1.29, 1.82) is 0 Å². The van der Waals surface area contributed by atoms with Crippen molar-refractivity contribution in [3.63, 3.8) is 0 Å². The van der Waals surface area contributed by atoms with Gasteiger partial charge in [0.1, 0.15) is 18.2 Å². The SMILES string of the molecule is CCOc1ccc(-c2ccc(CC(=O)Nc3cc(OCCN(C)C)cc(C(F)(F)F)c3)c(F)c2)[nH]c1=O. The van der Waals surface area contributed by atoms with Crippen LogP contribution in [-0.2, 0) is 17.4 Å². The maximum atomic E-state index is 14.8. The summed E-state index contributed by atoms with van der Waals surface area (Å²) in [5, 5.41) is 2.38. The summed E-state index contributed by atoms with van der Waals surface area (Å²) in [6, 6.07) is 10.0. The van der Waals surface area contributed by atoms with E-state index < -0.39 is 35.4 Å². The van der Waals surface area contributed by atoms with Crippen molar-refractivity contribution in [2.75, 3.05) is 39.2 Å². The van der Waals surface area contributed by atoms with Crippen LogP contribution in [0.2, 0.25) is 0 Å². The molecule has 37 heavy (non-hydrogen) atoms. The number of nitrogens with zero attached hydrogens (tertiary/aromatic N) is 1. The number of benzene rings is 2. The second-order valence-electron chi connectivity index (χ2n) is 8.43. The zero-order valence-corrected chi connectivity index (χ0v) is 20.5. The number of anilines is 1. The number of hydrogen-bond donors (Lipinski definition) is 2. The molecule has 3 aromatic rings. The summed E-state index contributed by atoms with van der Waals surface area (Å²) in [4.78, 5) is 29.0. The molecule has 11 heteroatoms. The molecule has 1 heterocycles. The van der Waals surface area contributed by atoms with Crippen molar-refractivity contribution < 1.29 is 31.8 Å². The molecular formula is C26H27F4N3O4. The topological polar surface area (TPSA) is 83.7 Å². The Balaban J connectivity index is 1.74. The maximum absolute atomic E-state index is 14.8. The third-order valence-electron chi connectivity index (χ3n) is 5.21. The molecule has 0 aliphatic carbocycles. The lowest BCUT2D eigenvalue weighted by Gasteiger charge is -2.15. The monoisotopic (exact) mass is 521 g/mol. The van der Waals surface area contributed by atoms with Gasteiger partial charge in [0, 0.05) is 29.6 Å². The van der Waals surface area contributed by atoms with Gasteiger partial charge in [-0.25, -0.2) is 4.39 Å². The molecule has 0 saturated carbocycles. The van der Waals surface area contributed by atoms with E-state index in [-0.39, 0.29) is 29.4 Å². The molecule has 0 atom stereocenters. The highest BCUT2D eigenvalue weighted by molar-refractivity contribution is 5.92. The van der Waals surface area contributed by atoms with Crippen LogP contribution in [0.25, 0.3) is 11.3 Å². The molecule has 0 bridgehead atoms. The molecule has 1 aromatic heterocycles. The number of carbonyl (C=O) groups is 1. The Labute approximate surface area is 211 Å². The zero-order chi connectivity index (χ0) is 27.2. The van der Waals surface area contributed by atoms with Gasteiger partial charge in [0.05, 0.1) is 18.6 Å². The number of halogens is 4. The maximum Gasteiger partial charge on any atom is 0.416 e.